The van der Waals surface area contributed by atoms with Crippen LogP contribution >= 0.6 is 0 Å². The number of benzene rings is 2. The number of Topliss-reactive ketones (excluding diaryl/α,β-unsaturated/α-hetero) is 2. The van der Waals surface area contributed by atoms with Gasteiger partial charge in [-0.05, 0) is 92.0 Å². The van der Waals surface area contributed by atoms with E-state index in [0.717, 1.165) is 48.0 Å². The summed E-state index contributed by atoms with van der Waals surface area (Å²) >= 11 is 0. The summed E-state index contributed by atoms with van der Waals surface area (Å²) < 4.78 is 6.17. The minimum absolute atomic E-state index is 0.00330. The second-order valence-electron chi connectivity index (χ2n) is 27.6. The van der Waals surface area contributed by atoms with Gasteiger partial charge in [0.1, 0.15) is 23.9 Å². The van der Waals surface area contributed by atoms with Gasteiger partial charge >= 0.3 is 5.97 Å². The van der Waals surface area contributed by atoms with Gasteiger partial charge in [0.15, 0.2) is 23.7 Å². The van der Waals surface area contributed by atoms with Crippen LogP contribution in [-0.4, -0.2) is 196 Å². The van der Waals surface area contributed by atoms with E-state index in [1.807, 2.05) is 121 Å². The van der Waals surface area contributed by atoms with Crippen molar-refractivity contribution in [3.05, 3.63) is 84.1 Å². The van der Waals surface area contributed by atoms with Crippen LogP contribution in [-0.2, 0) is 60.7 Å². The molecule has 3 aromatic rings. The van der Waals surface area contributed by atoms with E-state index in [2.05, 4.69) is 15.5 Å². The smallest absolute Gasteiger partial charge is 0.332 e. The number of ether oxygens (including phenoxy) is 1. The van der Waals surface area contributed by atoms with Crippen molar-refractivity contribution in [2.45, 2.75) is 189 Å². The molecule has 6 rings (SSSR count). The van der Waals surface area contributed by atoms with E-state index in [0.29, 0.717) is 36.8 Å². The molecule has 5 unspecified atom stereocenters. The summed E-state index contributed by atoms with van der Waals surface area (Å²) in [5.41, 5.74) is 1.12. The highest BCUT2D eigenvalue weighted by molar-refractivity contribution is 5.99. The molecule has 0 radical (unpaired) electrons. The number of likely N-dealkylation sites (N-methyl/N-ethyl adjacent to an activating group) is 4. The van der Waals surface area contributed by atoms with E-state index in [9.17, 15) is 19.5 Å². The molecule has 0 saturated carbocycles. The Morgan fingerprint density at radius 3 is 1.85 bits per heavy atom. The number of pyridine rings is 1. The predicted molar refractivity (Wildman–Crippen MR) is 352 cm³/mol. The Morgan fingerprint density at radius 2 is 1.26 bits per heavy atom. The van der Waals surface area contributed by atoms with Crippen molar-refractivity contribution >= 4 is 58.8 Å². The number of nitrogens with zero attached hydrogens (tertiary/aromatic N) is 7. The van der Waals surface area contributed by atoms with Crippen molar-refractivity contribution in [2.75, 3.05) is 65.8 Å². The van der Waals surface area contributed by atoms with Gasteiger partial charge in [0, 0.05) is 116 Å². The first-order chi connectivity index (χ1) is 42.9. The molecular weight excluding hydrogens is 1150 g/mol. The maximum Gasteiger partial charge on any atom is 0.332 e. The number of anilines is 1. The fourth-order valence-corrected chi connectivity index (χ4v) is 13.6. The molecule has 3 saturated heterocycles. The summed E-state index contributed by atoms with van der Waals surface area (Å²) in [5, 5.41) is 18.2. The van der Waals surface area contributed by atoms with Gasteiger partial charge in [0.25, 0.3) is 5.91 Å². The normalized spacial score (nSPS) is 25.8. The van der Waals surface area contributed by atoms with Crippen LogP contribution < -0.4 is 15.5 Å². The molecule has 6 amide bonds. The lowest BCUT2D eigenvalue weighted by atomic mass is 9.82. The van der Waals surface area contributed by atoms with Crippen molar-refractivity contribution in [3.8, 4) is 11.1 Å². The first-order valence-electron chi connectivity index (χ1n) is 33.1. The van der Waals surface area contributed by atoms with E-state index in [1.165, 1.54) is 49.7 Å². The van der Waals surface area contributed by atoms with Crippen LogP contribution in [0.25, 0.3) is 11.1 Å². The van der Waals surface area contributed by atoms with Crippen LogP contribution in [0.1, 0.15) is 139 Å². The SMILES string of the molecule is CCC(C)[C@@H]1CC(=O)C2CCCN2C(=O)C(Cc2cccc(-c3ccc(N4CCNCC4)nc3)c2)N(C)C(=O)C(Cc2ccccc2)NC(=O)[C@H](C(C)C)N(C)C(=O)[C@@H](C(C)CC)OC(=O)[C@H](C(C)(C)O)N(C)C(=O)[C@H](CC(C)C)CC(=O)[C@H](C(C)C)N(C)C1=O. The fourth-order valence-electron chi connectivity index (χ4n) is 13.6. The van der Waals surface area contributed by atoms with E-state index in [1.54, 1.807) is 32.7 Å². The van der Waals surface area contributed by atoms with Crippen LogP contribution in [0.5, 0.6) is 0 Å². The van der Waals surface area contributed by atoms with Gasteiger partial charge in [-0.2, -0.15) is 0 Å². The van der Waals surface area contributed by atoms with Gasteiger partial charge in [-0.3, -0.25) is 38.4 Å². The van der Waals surface area contributed by atoms with E-state index in [-0.39, 0.29) is 56.3 Å². The van der Waals surface area contributed by atoms with Crippen LogP contribution in [0.3, 0.4) is 0 Å². The third-order valence-electron chi connectivity index (χ3n) is 19.1. The molecule has 4 heterocycles. The first kappa shape index (κ1) is 73.0. The Hall–Kier alpha value is -7.06. The number of carbonyl (C=O) groups excluding carboxylic acids is 9. The lowest BCUT2D eigenvalue weighted by Gasteiger charge is -2.39. The first-order valence-corrected chi connectivity index (χ1v) is 33.1. The number of piperazine rings is 1. The number of aromatic nitrogens is 1. The summed E-state index contributed by atoms with van der Waals surface area (Å²) in [7, 11) is 5.86. The van der Waals surface area contributed by atoms with Crippen molar-refractivity contribution in [1.82, 2.24) is 40.1 Å². The number of ketones is 2. The second-order valence-corrected chi connectivity index (χ2v) is 27.6. The molecule has 20 heteroatoms. The zero-order chi connectivity index (χ0) is 67.3. The maximum absolute atomic E-state index is 15.8. The highest BCUT2D eigenvalue weighted by atomic mass is 16.6. The molecule has 20 nitrogen and oxygen atoms in total. The summed E-state index contributed by atoms with van der Waals surface area (Å²) in [6, 6.07) is 13.3. The number of carbonyl (C=O) groups is 9. The zero-order valence-electron chi connectivity index (χ0n) is 57.1. The molecule has 2 aromatic carbocycles. The number of rotatable bonds is 15. The Labute approximate surface area is 540 Å². The fraction of sp³-hybridized carbons (Fsp3) is 0.634. The third-order valence-corrected chi connectivity index (χ3v) is 19.1. The molecule has 3 aliphatic heterocycles. The Morgan fingerprint density at radius 1 is 0.637 bits per heavy atom. The van der Waals surface area contributed by atoms with Crippen molar-refractivity contribution < 1.29 is 53.0 Å². The number of hydrogen-bond donors (Lipinski definition) is 3. The average molecular weight is 1260 g/mol. The van der Waals surface area contributed by atoms with Gasteiger partial charge in [-0.15, -0.1) is 0 Å². The molecule has 0 spiro atoms. The monoisotopic (exact) mass is 1260 g/mol. The minimum Gasteiger partial charge on any atom is -0.450 e. The number of cyclic esters (lactones) is 1. The average Bonchev–Trinajstić information content (AvgIpc) is 1.85. The number of hydrogen-bond acceptors (Lipinski definition) is 14. The number of fused-ring (bicyclic) bond motifs is 1. The quantitative estimate of drug-likeness (QED) is 0.130. The van der Waals surface area contributed by atoms with Crippen LogP contribution in [0.15, 0.2) is 72.9 Å². The van der Waals surface area contributed by atoms with Crippen molar-refractivity contribution in [3.63, 3.8) is 0 Å². The molecular formula is C71H105N9O11. The van der Waals surface area contributed by atoms with Crippen LogP contribution in [0, 0.1) is 41.4 Å². The summed E-state index contributed by atoms with van der Waals surface area (Å²) in [5.74, 6) is -8.64. The van der Waals surface area contributed by atoms with Gasteiger partial charge < -0.3 is 49.9 Å². The molecule has 3 aliphatic rings. The highest BCUT2D eigenvalue weighted by Gasteiger charge is 2.48. The van der Waals surface area contributed by atoms with Gasteiger partial charge in [0.2, 0.25) is 29.5 Å². The highest BCUT2D eigenvalue weighted by Crippen LogP contribution is 2.33. The minimum atomic E-state index is -1.95. The van der Waals surface area contributed by atoms with Crippen molar-refractivity contribution in [2.24, 2.45) is 41.4 Å². The zero-order valence-corrected chi connectivity index (χ0v) is 57.1. The largest absolute Gasteiger partial charge is 0.450 e. The Balaban J connectivity index is 1.51. The summed E-state index contributed by atoms with van der Waals surface area (Å²) in [6.45, 7) is 24.5. The van der Waals surface area contributed by atoms with E-state index in [4.69, 9.17) is 9.72 Å². The molecule has 11 atom stereocenters. The lowest BCUT2D eigenvalue weighted by molar-refractivity contribution is -0.178. The number of esters is 1. The maximum atomic E-state index is 15.8. The molecule has 0 aliphatic carbocycles. The number of nitrogens with one attached hydrogen (secondary N) is 2. The van der Waals surface area contributed by atoms with Gasteiger partial charge in [-0.1, -0.05) is 130 Å². The Bertz CT molecular complexity index is 3000. The molecule has 3 fully saturated rings. The van der Waals surface area contributed by atoms with Crippen LogP contribution in [0.4, 0.5) is 5.82 Å². The second kappa shape index (κ2) is 32.5. The van der Waals surface area contributed by atoms with Crippen LogP contribution in [0.2, 0.25) is 0 Å². The number of amides is 6. The molecule has 500 valence electrons. The summed E-state index contributed by atoms with van der Waals surface area (Å²) in [6.07, 6.45) is 1.56. The molecule has 3 N–H and O–H groups in total. The van der Waals surface area contributed by atoms with Crippen molar-refractivity contribution in [1.29, 1.82) is 0 Å². The van der Waals surface area contributed by atoms with Gasteiger partial charge in [0.05, 0.1) is 17.7 Å². The lowest BCUT2D eigenvalue weighted by Crippen LogP contribution is -2.61. The number of aliphatic hydroxyl groups is 1. The standard InChI is InChI=1S/C71H105N9O11/c1-17-46(9)53-41-57(81)55-28-23-33-80(55)68(87)56(39-49-26-22-27-50(37-49)51-29-30-59(73-42-51)79-34-31-72-32-35-79)75(13)67(86)54(38-48-24-20-19-21-25-48)74-64(83)61(45(7)8)77(15)69(88)62(47(10)18-2)91-70(89)63(71(11,12)90)78(16)65(84)52(36-43(3)4)40-58(82)60(44(5)6)76(14)66(53)85/h19-22,24-27,29-30,37,42-47,52-56,60-63,72,90H,17-18,23,28,31-36,38-41H2,1-16H3,(H,74,83)/t46?,47?,52-,53+,54?,55?,56?,60+,61+,62-,63-/m1/s1. The molecule has 0 bridgehead atoms. The van der Waals surface area contributed by atoms with E-state index < -0.39 is 125 Å². The third kappa shape index (κ3) is 18.2. The van der Waals surface area contributed by atoms with E-state index >= 15 is 28.8 Å². The molecule has 1 aromatic heterocycles. The molecule has 91 heavy (non-hydrogen) atoms. The Kier molecular flexibility index (Phi) is 26.1. The predicted octanol–water partition coefficient (Wildman–Crippen LogP) is 7.02. The summed E-state index contributed by atoms with van der Waals surface area (Å²) in [4.78, 5) is 151. The topological polar surface area (TPSA) is 239 Å². The van der Waals surface area contributed by atoms with Gasteiger partial charge in [-0.25, -0.2) is 9.78 Å².